The van der Waals surface area contributed by atoms with Crippen LogP contribution in [0.2, 0.25) is 0 Å². The van der Waals surface area contributed by atoms with Gasteiger partial charge in [-0.05, 0) is 12.1 Å². The van der Waals surface area contributed by atoms with Crippen LogP contribution >= 0.6 is 0 Å². The van der Waals surface area contributed by atoms with Gasteiger partial charge in [-0.2, -0.15) is 0 Å². The first-order chi connectivity index (χ1) is 6.97. The molecule has 0 aliphatic rings. The Labute approximate surface area is 85.7 Å². The van der Waals surface area contributed by atoms with Gasteiger partial charge in [0.2, 0.25) is 0 Å². The predicted octanol–water partition coefficient (Wildman–Crippen LogP) is 0.0646. The van der Waals surface area contributed by atoms with E-state index in [9.17, 15) is 9.18 Å². The molecule has 1 rings (SSSR count). The molecule has 0 heterocycles. The van der Waals surface area contributed by atoms with Crippen LogP contribution in [-0.4, -0.2) is 17.6 Å². The Morgan fingerprint density at radius 3 is 2.60 bits per heavy atom. The zero-order valence-corrected chi connectivity index (χ0v) is 7.90. The molecule has 0 bridgehead atoms. The van der Waals surface area contributed by atoms with E-state index in [1.807, 2.05) is 0 Å². The number of nitrogen functional groups attached to an aromatic ring is 1. The molecule has 0 aliphatic heterocycles. The van der Waals surface area contributed by atoms with E-state index in [1.165, 1.54) is 0 Å². The highest BCUT2D eigenvalue weighted by Gasteiger charge is 2.16. The van der Waals surface area contributed by atoms with Gasteiger partial charge in [-0.3, -0.25) is 0 Å². The van der Waals surface area contributed by atoms with Gasteiger partial charge in [0, 0.05) is 23.8 Å². The molecule has 0 fully saturated rings. The van der Waals surface area contributed by atoms with E-state index in [1.54, 1.807) is 0 Å². The van der Waals surface area contributed by atoms with Gasteiger partial charge in [0.25, 0.3) is 0 Å². The van der Waals surface area contributed by atoms with Crippen molar-refractivity contribution in [3.05, 3.63) is 29.1 Å². The molecule has 0 unspecified atom stereocenters. The molecule has 1 atom stereocenters. The second-order valence-electron chi connectivity index (χ2n) is 3.11. The smallest absolute Gasteiger partial charge is 0.337 e. The number of nitrogens with two attached hydrogens (primary N) is 3. The number of rotatable bonds is 3. The Balaban J connectivity index is 3.29. The van der Waals surface area contributed by atoms with Crippen molar-refractivity contribution in [1.29, 1.82) is 0 Å². The fourth-order valence-electron chi connectivity index (χ4n) is 1.20. The van der Waals surface area contributed by atoms with Crippen LogP contribution in [0, 0.1) is 5.82 Å². The average molecular weight is 213 g/mol. The van der Waals surface area contributed by atoms with E-state index in [4.69, 9.17) is 22.3 Å². The van der Waals surface area contributed by atoms with Gasteiger partial charge in [-0.15, -0.1) is 0 Å². The van der Waals surface area contributed by atoms with Crippen molar-refractivity contribution < 1.29 is 14.3 Å². The van der Waals surface area contributed by atoms with Gasteiger partial charge < -0.3 is 22.3 Å². The van der Waals surface area contributed by atoms with Crippen LogP contribution in [0.5, 0.6) is 0 Å². The number of aromatic carboxylic acids is 1. The van der Waals surface area contributed by atoms with Crippen molar-refractivity contribution in [1.82, 2.24) is 0 Å². The van der Waals surface area contributed by atoms with Crippen molar-refractivity contribution in [2.24, 2.45) is 11.5 Å². The van der Waals surface area contributed by atoms with Crippen LogP contribution in [0.1, 0.15) is 22.0 Å². The summed E-state index contributed by atoms with van der Waals surface area (Å²) in [4.78, 5) is 10.7. The Morgan fingerprint density at radius 1 is 1.53 bits per heavy atom. The van der Waals surface area contributed by atoms with E-state index in [-0.39, 0.29) is 23.4 Å². The molecule has 7 N–H and O–H groups in total. The summed E-state index contributed by atoms with van der Waals surface area (Å²) in [5.41, 5.74) is 15.9. The van der Waals surface area contributed by atoms with Gasteiger partial charge in [0.1, 0.15) is 5.82 Å². The zero-order chi connectivity index (χ0) is 11.6. The zero-order valence-electron chi connectivity index (χ0n) is 7.90. The molecule has 0 saturated carbocycles. The highest BCUT2D eigenvalue weighted by molar-refractivity contribution is 5.93. The largest absolute Gasteiger partial charge is 0.478 e. The van der Waals surface area contributed by atoms with Crippen molar-refractivity contribution in [3.8, 4) is 0 Å². The number of carboxylic acids is 1. The minimum absolute atomic E-state index is 0.0277. The maximum Gasteiger partial charge on any atom is 0.337 e. The van der Waals surface area contributed by atoms with Gasteiger partial charge in [0.05, 0.1) is 5.56 Å². The van der Waals surface area contributed by atoms with Crippen molar-refractivity contribution >= 4 is 11.7 Å². The van der Waals surface area contributed by atoms with Crippen LogP contribution in [0.25, 0.3) is 0 Å². The molecule has 5 nitrogen and oxygen atoms in total. The molecule has 15 heavy (non-hydrogen) atoms. The molecule has 1 aromatic rings. The molecule has 82 valence electrons. The number of hydrogen-bond acceptors (Lipinski definition) is 4. The standard InChI is InChI=1S/C9H12FN3O2/c10-6-2-7(12)5(9(14)15)1-4(6)8(13)3-11/h1-2,8H,3,11-13H2,(H,14,15)/t8-/m0/s1. The average Bonchev–Trinajstić information content (AvgIpc) is 2.16. The van der Waals surface area contributed by atoms with Crippen LogP contribution in [0.3, 0.4) is 0 Å². The van der Waals surface area contributed by atoms with Crippen molar-refractivity contribution in [2.75, 3.05) is 12.3 Å². The lowest BCUT2D eigenvalue weighted by Gasteiger charge is -2.12. The third-order valence-corrected chi connectivity index (χ3v) is 2.05. The maximum atomic E-state index is 13.3. The molecule has 0 saturated heterocycles. The van der Waals surface area contributed by atoms with E-state index in [2.05, 4.69) is 0 Å². The predicted molar refractivity (Wildman–Crippen MR) is 53.8 cm³/mol. The summed E-state index contributed by atoms with van der Waals surface area (Å²) in [5, 5.41) is 8.76. The van der Waals surface area contributed by atoms with E-state index in [0.29, 0.717) is 0 Å². The monoisotopic (exact) mass is 213 g/mol. The molecular formula is C9H12FN3O2. The number of carbonyl (C=O) groups is 1. The molecule has 0 amide bonds. The number of hydrogen-bond donors (Lipinski definition) is 4. The SMILES string of the molecule is NC[C@H](N)c1cc(C(=O)O)c(N)cc1F. The Kier molecular flexibility index (Phi) is 3.23. The number of anilines is 1. The lowest BCUT2D eigenvalue weighted by atomic mass is 10.0. The van der Waals surface area contributed by atoms with E-state index >= 15 is 0 Å². The first-order valence-corrected chi connectivity index (χ1v) is 4.25. The summed E-state index contributed by atoms with van der Waals surface area (Å²) in [5.74, 6) is -1.87. The van der Waals surface area contributed by atoms with Crippen molar-refractivity contribution in [2.45, 2.75) is 6.04 Å². The second kappa shape index (κ2) is 4.24. The summed E-state index contributed by atoms with van der Waals surface area (Å²) in [6, 6.07) is 1.32. The fraction of sp³-hybridized carbons (Fsp3) is 0.222. The van der Waals surface area contributed by atoms with Gasteiger partial charge >= 0.3 is 5.97 Å². The van der Waals surface area contributed by atoms with E-state index < -0.39 is 17.8 Å². The summed E-state index contributed by atoms with van der Waals surface area (Å²) in [6.45, 7) is 0.0277. The third kappa shape index (κ3) is 2.23. The highest BCUT2D eigenvalue weighted by Crippen LogP contribution is 2.21. The third-order valence-electron chi connectivity index (χ3n) is 2.05. The van der Waals surface area contributed by atoms with Gasteiger partial charge in [0.15, 0.2) is 0 Å². The highest BCUT2D eigenvalue weighted by atomic mass is 19.1. The lowest BCUT2D eigenvalue weighted by molar-refractivity contribution is 0.0698. The van der Waals surface area contributed by atoms with Crippen LogP contribution in [0.4, 0.5) is 10.1 Å². The van der Waals surface area contributed by atoms with Gasteiger partial charge in [-0.1, -0.05) is 0 Å². The minimum atomic E-state index is -1.22. The molecule has 0 radical (unpaired) electrons. The minimum Gasteiger partial charge on any atom is -0.478 e. The number of benzene rings is 1. The maximum absolute atomic E-state index is 13.3. The quantitative estimate of drug-likeness (QED) is 0.530. The van der Waals surface area contributed by atoms with Crippen LogP contribution in [0.15, 0.2) is 12.1 Å². The number of carboxylic acid groups (broad SMARTS) is 1. The summed E-state index contributed by atoms with van der Waals surface area (Å²) in [6.07, 6.45) is 0. The Bertz CT molecular complexity index is 395. The normalized spacial score (nSPS) is 12.5. The summed E-state index contributed by atoms with van der Waals surface area (Å²) < 4.78 is 13.3. The fourth-order valence-corrected chi connectivity index (χ4v) is 1.20. The Morgan fingerprint density at radius 2 is 2.13 bits per heavy atom. The van der Waals surface area contributed by atoms with Crippen LogP contribution < -0.4 is 17.2 Å². The first kappa shape index (κ1) is 11.4. The first-order valence-electron chi connectivity index (χ1n) is 4.25. The summed E-state index contributed by atoms with van der Waals surface area (Å²) >= 11 is 0. The second-order valence-corrected chi connectivity index (χ2v) is 3.11. The molecule has 6 heteroatoms. The molecule has 0 spiro atoms. The molecular weight excluding hydrogens is 201 g/mol. The topological polar surface area (TPSA) is 115 Å². The van der Waals surface area contributed by atoms with E-state index in [0.717, 1.165) is 12.1 Å². The Hall–Kier alpha value is -1.66. The molecule has 1 aromatic carbocycles. The molecule has 0 aromatic heterocycles. The van der Waals surface area contributed by atoms with Crippen LogP contribution in [-0.2, 0) is 0 Å². The summed E-state index contributed by atoms with van der Waals surface area (Å²) in [7, 11) is 0. The van der Waals surface area contributed by atoms with Crippen molar-refractivity contribution in [3.63, 3.8) is 0 Å². The lowest BCUT2D eigenvalue weighted by Crippen LogP contribution is -2.22. The van der Waals surface area contributed by atoms with Gasteiger partial charge in [-0.25, -0.2) is 9.18 Å². The molecule has 0 aliphatic carbocycles. The number of halogens is 1.